The molecule has 172 valence electrons. The summed E-state index contributed by atoms with van der Waals surface area (Å²) in [6.45, 7) is 1.76. The molecule has 0 bridgehead atoms. The van der Waals surface area contributed by atoms with Crippen molar-refractivity contribution in [1.82, 2.24) is 19.8 Å². The van der Waals surface area contributed by atoms with E-state index in [2.05, 4.69) is 10.3 Å². The van der Waals surface area contributed by atoms with E-state index in [1.54, 1.807) is 30.3 Å². The zero-order valence-electron chi connectivity index (χ0n) is 18.4. The van der Waals surface area contributed by atoms with Crippen molar-refractivity contribution in [1.29, 1.82) is 0 Å². The molecule has 1 saturated heterocycles. The Balaban J connectivity index is 1.27. The molecule has 1 fully saturated rings. The van der Waals surface area contributed by atoms with Gasteiger partial charge in [0.1, 0.15) is 17.2 Å². The van der Waals surface area contributed by atoms with E-state index >= 15 is 0 Å². The molecule has 0 aliphatic carbocycles. The second-order valence-corrected chi connectivity index (χ2v) is 8.34. The summed E-state index contributed by atoms with van der Waals surface area (Å²) in [6, 6.07) is 11.0. The summed E-state index contributed by atoms with van der Waals surface area (Å²) in [4.78, 5) is 32.0. The molecule has 0 saturated carbocycles. The van der Waals surface area contributed by atoms with E-state index < -0.39 is 11.7 Å². The van der Waals surface area contributed by atoms with Crippen molar-refractivity contribution in [3.05, 3.63) is 72.2 Å². The van der Waals surface area contributed by atoms with Gasteiger partial charge in [-0.3, -0.25) is 9.59 Å². The summed E-state index contributed by atoms with van der Waals surface area (Å²) in [5.74, 6) is 1.57. The lowest BCUT2D eigenvalue weighted by atomic mass is 9.88. The van der Waals surface area contributed by atoms with Gasteiger partial charge in [0.25, 0.3) is 11.8 Å². The molecule has 2 amide bonds. The molecule has 0 unspecified atom stereocenters. The minimum atomic E-state index is -0.709. The molecule has 2 aromatic heterocycles. The molecule has 1 N–H and O–H groups in total. The number of carbonyl (C=O) groups is 2. The van der Waals surface area contributed by atoms with Crippen LogP contribution in [-0.2, 0) is 28.2 Å². The van der Waals surface area contributed by atoms with Crippen molar-refractivity contribution in [3.8, 4) is 5.75 Å². The third-order valence-corrected chi connectivity index (χ3v) is 6.34. The van der Waals surface area contributed by atoms with Crippen molar-refractivity contribution in [3.63, 3.8) is 0 Å². The number of ether oxygens (including phenoxy) is 2. The standard InChI is InChI=1S/C24H26N4O5/c1-31-18-5-2-4-17(14-18)15-26-21(29)20-16-28-12-9-25-23(28)24(33-20)7-10-27(11-8-24)22(30)19-6-3-13-32-19/h2-6,9,12-14,20H,7-8,10-11,15-16H2,1H3,(H,26,29)/t20-/m1/s1. The third kappa shape index (κ3) is 4.11. The molecule has 9 nitrogen and oxygen atoms in total. The first kappa shape index (κ1) is 21.3. The van der Waals surface area contributed by atoms with Crippen LogP contribution in [0.1, 0.15) is 34.8 Å². The highest BCUT2D eigenvalue weighted by atomic mass is 16.5. The Morgan fingerprint density at radius 3 is 2.85 bits per heavy atom. The molecule has 0 radical (unpaired) electrons. The van der Waals surface area contributed by atoms with E-state index in [-0.39, 0.29) is 11.8 Å². The summed E-state index contributed by atoms with van der Waals surface area (Å²) < 4.78 is 18.9. The minimum absolute atomic E-state index is 0.137. The SMILES string of the molecule is COc1cccc(CNC(=O)[C@H]2Cn3ccnc3C3(CCN(C(=O)c4ccco4)CC3)O2)c1. The Labute approximate surface area is 191 Å². The Morgan fingerprint density at radius 2 is 2.09 bits per heavy atom. The lowest BCUT2D eigenvalue weighted by molar-refractivity contribution is -0.172. The molecule has 5 rings (SSSR count). The number of nitrogens with one attached hydrogen (secondary N) is 1. The molecule has 33 heavy (non-hydrogen) atoms. The zero-order chi connectivity index (χ0) is 22.8. The van der Waals surface area contributed by atoms with E-state index in [1.165, 1.54) is 6.26 Å². The van der Waals surface area contributed by atoms with Crippen LogP contribution < -0.4 is 10.1 Å². The average molecular weight is 450 g/mol. The minimum Gasteiger partial charge on any atom is -0.497 e. The van der Waals surface area contributed by atoms with Crippen LogP contribution in [0.15, 0.2) is 59.5 Å². The van der Waals surface area contributed by atoms with Crippen LogP contribution in [0.3, 0.4) is 0 Å². The van der Waals surface area contributed by atoms with Gasteiger partial charge in [0, 0.05) is 44.9 Å². The number of imidazole rings is 1. The number of amides is 2. The fourth-order valence-corrected chi connectivity index (χ4v) is 4.59. The summed E-state index contributed by atoms with van der Waals surface area (Å²) in [7, 11) is 1.61. The molecule has 4 heterocycles. The number of hydrogen-bond acceptors (Lipinski definition) is 6. The summed E-state index contributed by atoms with van der Waals surface area (Å²) >= 11 is 0. The Kier molecular flexibility index (Phi) is 5.63. The first-order chi connectivity index (χ1) is 16.1. The van der Waals surface area contributed by atoms with E-state index in [9.17, 15) is 9.59 Å². The zero-order valence-corrected chi connectivity index (χ0v) is 18.4. The molecule has 9 heteroatoms. The quantitative estimate of drug-likeness (QED) is 0.641. The second kappa shape index (κ2) is 8.74. The van der Waals surface area contributed by atoms with Crippen LogP contribution in [0.5, 0.6) is 5.75 Å². The van der Waals surface area contributed by atoms with Gasteiger partial charge in [-0.2, -0.15) is 0 Å². The maximum absolute atomic E-state index is 13.0. The molecule has 1 spiro atoms. The van der Waals surface area contributed by atoms with Gasteiger partial charge in [0.2, 0.25) is 0 Å². The number of furan rings is 1. The molecule has 2 aliphatic rings. The van der Waals surface area contributed by atoms with Gasteiger partial charge in [-0.05, 0) is 29.8 Å². The molecular formula is C24H26N4O5. The highest BCUT2D eigenvalue weighted by Gasteiger charge is 2.47. The first-order valence-electron chi connectivity index (χ1n) is 11.0. The van der Waals surface area contributed by atoms with E-state index in [0.29, 0.717) is 44.8 Å². The normalized spacial score (nSPS) is 19.2. The summed E-state index contributed by atoms with van der Waals surface area (Å²) in [6.07, 6.45) is 5.56. The average Bonchev–Trinajstić information content (AvgIpc) is 3.55. The number of rotatable bonds is 5. The lowest BCUT2D eigenvalue weighted by Gasteiger charge is -2.45. The van der Waals surface area contributed by atoms with Crippen LogP contribution in [0.4, 0.5) is 0 Å². The molecule has 1 atom stereocenters. The van der Waals surface area contributed by atoms with Crippen molar-refractivity contribution in [2.45, 2.75) is 37.6 Å². The van der Waals surface area contributed by atoms with Gasteiger partial charge in [-0.25, -0.2) is 4.98 Å². The van der Waals surface area contributed by atoms with E-state index in [4.69, 9.17) is 13.9 Å². The Morgan fingerprint density at radius 1 is 1.24 bits per heavy atom. The number of fused-ring (bicyclic) bond motifs is 2. The van der Waals surface area contributed by atoms with Gasteiger partial charge in [0.05, 0.1) is 19.9 Å². The fraction of sp³-hybridized carbons (Fsp3) is 0.375. The monoisotopic (exact) mass is 450 g/mol. The van der Waals surface area contributed by atoms with Crippen LogP contribution in [0.25, 0.3) is 0 Å². The highest BCUT2D eigenvalue weighted by Crippen LogP contribution is 2.40. The summed E-state index contributed by atoms with van der Waals surface area (Å²) in [5.41, 5.74) is 0.237. The first-order valence-corrected chi connectivity index (χ1v) is 11.0. The molecule has 2 aliphatic heterocycles. The van der Waals surface area contributed by atoms with Crippen LogP contribution in [0, 0.1) is 0 Å². The molecular weight excluding hydrogens is 424 g/mol. The third-order valence-electron chi connectivity index (χ3n) is 6.34. The smallest absolute Gasteiger partial charge is 0.289 e. The van der Waals surface area contributed by atoms with Gasteiger partial charge in [0.15, 0.2) is 11.9 Å². The van der Waals surface area contributed by atoms with Gasteiger partial charge >= 0.3 is 0 Å². The number of methoxy groups -OCH3 is 1. The number of carbonyl (C=O) groups excluding carboxylic acids is 2. The Bertz CT molecular complexity index is 1130. The number of benzene rings is 1. The van der Waals surface area contributed by atoms with Crippen LogP contribution >= 0.6 is 0 Å². The number of piperidine rings is 1. The Hall–Kier alpha value is -3.59. The summed E-state index contributed by atoms with van der Waals surface area (Å²) in [5, 5.41) is 2.98. The number of likely N-dealkylation sites (tertiary alicyclic amines) is 1. The van der Waals surface area contributed by atoms with E-state index in [1.807, 2.05) is 35.0 Å². The van der Waals surface area contributed by atoms with Crippen LogP contribution in [0.2, 0.25) is 0 Å². The topological polar surface area (TPSA) is 98.8 Å². The molecule has 1 aromatic carbocycles. The maximum atomic E-state index is 13.0. The van der Waals surface area contributed by atoms with Crippen molar-refractivity contribution >= 4 is 11.8 Å². The van der Waals surface area contributed by atoms with Crippen molar-refractivity contribution in [2.24, 2.45) is 0 Å². The van der Waals surface area contributed by atoms with Gasteiger partial charge < -0.3 is 28.7 Å². The maximum Gasteiger partial charge on any atom is 0.289 e. The van der Waals surface area contributed by atoms with Crippen LogP contribution in [-0.4, -0.2) is 52.6 Å². The van der Waals surface area contributed by atoms with Crippen molar-refractivity contribution < 1.29 is 23.5 Å². The number of aromatic nitrogens is 2. The fourth-order valence-electron chi connectivity index (χ4n) is 4.59. The second-order valence-electron chi connectivity index (χ2n) is 8.34. The van der Waals surface area contributed by atoms with Gasteiger partial charge in [-0.1, -0.05) is 12.1 Å². The molecule has 3 aromatic rings. The van der Waals surface area contributed by atoms with Crippen molar-refractivity contribution in [2.75, 3.05) is 20.2 Å². The van der Waals surface area contributed by atoms with E-state index in [0.717, 1.165) is 17.1 Å². The highest BCUT2D eigenvalue weighted by molar-refractivity contribution is 5.91. The lowest BCUT2D eigenvalue weighted by Crippen LogP contribution is -2.54. The largest absolute Gasteiger partial charge is 0.497 e. The predicted molar refractivity (Wildman–Crippen MR) is 117 cm³/mol. The van der Waals surface area contributed by atoms with Gasteiger partial charge in [-0.15, -0.1) is 0 Å². The number of hydrogen-bond donors (Lipinski definition) is 1. The predicted octanol–water partition coefficient (Wildman–Crippen LogP) is 2.33. The number of nitrogens with zero attached hydrogens (tertiary/aromatic N) is 3.